The number of aromatic nitrogens is 1. The van der Waals surface area contributed by atoms with Gasteiger partial charge in [0.15, 0.2) is 0 Å². The molecule has 80 valence electrons. The highest BCUT2D eigenvalue weighted by Gasteiger charge is 2.16. The van der Waals surface area contributed by atoms with Crippen LogP contribution in [0.5, 0.6) is 0 Å². The summed E-state index contributed by atoms with van der Waals surface area (Å²) in [4.78, 5) is 4.55. The molecule has 0 aromatic carbocycles. The van der Waals surface area contributed by atoms with E-state index < -0.39 is 0 Å². The van der Waals surface area contributed by atoms with Gasteiger partial charge in [0.25, 0.3) is 0 Å². The predicted octanol–water partition coefficient (Wildman–Crippen LogP) is 2.07. The van der Waals surface area contributed by atoms with Gasteiger partial charge in [-0.25, -0.2) is 0 Å². The molecule has 3 nitrogen and oxygen atoms in total. The monoisotopic (exact) mass is 221 g/mol. The standard InChI is InChI=1S/C11H15N3S/c12-11(15)10-9(6-3-7-13-10)14-8-4-1-2-5-8/h3,6-8,14H,1-2,4-5H2,(H2,12,15). The van der Waals surface area contributed by atoms with Crippen molar-refractivity contribution >= 4 is 22.9 Å². The van der Waals surface area contributed by atoms with Crippen LogP contribution in [0.1, 0.15) is 31.4 Å². The summed E-state index contributed by atoms with van der Waals surface area (Å²) in [5, 5.41) is 3.46. The fraction of sp³-hybridized carbons (Fsp3) is 0.455. The normalized spacial score (nSPS) is 16.5. The molecule has 0 aliphatic heterocycles. The van der Waals surface area contributed by atoms with Crippen molar-refractivity contribution in [2.45, 2.75) is 31.7 Å². The SMILES string of the molecule is NC(=S)c1ncccc1NC1CCCC1. The minimum absolute atomic E-state index is 0.357. The molecule has 0 bridgehead atoms. The van der Waals surface area contributed by atoms with E-state index in [2.05, 4.69) is 10.3 Å². The molecular weight excluding hydrogens is 206 g/mol. The number of nitrogens with two attached hydrogens (primary N) is 1. The summed E-state index contributed by atoms with van der Waals surface area (Å²) < 4.78 is 0. The molecule has 0 radical (unpaired) electrons. The molecular formula is C11H15N3S. The molecule has 0 amide bonds. The maximum Gasteiger partial charge on any atom is 0.124 e. The molecule has 1 aromatic heterocycles. The lowest BCUT2D eigenvalue weighted by atomic mass is 10.2. The summed E-state index contributed by atoms with van der Waals surface area (Å²) >= 11 is 4.97. The number of thiocarbonyl (C=S) groups is 1. The van der Waals surface area contributed by atoms with Crippen LogP contribution in [-0.2, 0) is 0 Å². The van der Waals surface area contributed by atoms with Gasteiger partial charge in [-0.3, -0.25) is 4.98 Å². The van der Waals surface area contributed by atoms with Crippen molar-refractivity contribution in [3.8, 4) is 0 Å². The van der Waals surface area contributed by atoms with Gasteiger partial charge >= 0.3 is 0 Å². The molecule has 4 heteroatoms. The number of nitrogens with zero attached hydrogens (tertiary/aromatic N) is 1. The van der Waals surface area contributed by atoms with Crippen molar-refractivity contribution in [3.05, 3.63) is 24.0 Å². The quantitative estimate of drug-likeness (QED) is 0.767. The van der Waals surface area contributed by atoms with Crippen LogP contribution >= 0.6 is 12.2 Å². The van der Waals surface area contributed by atoms with Crippen LogP contribution < -0.4 is 11.1 Å². The Balaban J connectivity index is 2.15. The Labute approximate surface area is 95.1 Å². The van der Waals surface area contributed by atoms with E-state index in [9.17, 15) is 0 Å². The van der Waals surface area contributed by atoms with Crippen LogP contribution in [0.25, 0.3) is 0 Å². The summed E-state index contributed by atoms with van der Waals surface area (Å²) in [5.74, 6) is 0. The van der Waals surface area contributed by atoms with Crippen LogP contribution in [0.3, 0.4) is 0 Å². The highest BCUT2D eigenvalue weighted by atomic mass is 32.1. The number of pyridine rings is 1. The smallest absolute Gasteiger partial charge is 0.124 e. The number of hydrogen-bond donors (Lipinski definition) is 2. The van der Waals surface area contributed by atoms with Gasteiger partial charge in [-0.2, -0.15) is 0 Å². The van der Waals surface area contributed by atoms with Gasteiger partial charge in [0.2, 0.25) is 0 Å². The third kappa shape index (κ3) is 2.45. The Morgan fingerprint density at radius 1 is 1.47 bits per heavy atom. The zero-order valence-corrected chi connectivity index (χ0v) is 9.39. The van der Waals surface area contributed by atoms with Crippen molar-refractivity contribution in [1.29, 1.82) is 0 Å². The second-order valence-corrected chi connectivity index (χ2v) is 4.33. The summed E-state index contributed by atoms with van der Waals surface area (Å²) in [6, 6.07) is 4.45. The highest BCUT2D eigenvalue weighted by Crippen LogP contribution is 2.23. The van der Waals surface area contributed by atoms with E-state index in [1.54, 1.807) is 6.20 Å². The Kier molecular flexibility index (Phi) is 3.16. The fourth-order valence-corrected chi connectivity index (χ4v) is 2.17. The first kappa shape index (κ1) is 10.4. The maximum atomic E-state index is 5.62. The lowest BCUT2D eigenvalue weighted by Crippen LogP contribution is -2.20. The van der Waals surface area contributed by atoms with Crippen molar-refractivity contribution < 1.29 is 0 Å². The van der Waals surface area contributed by atoms with E-state index >= 15 is 0 Å². The van der Waals surface area contributed by atoms with Crippen LogP contribution in [-0.4, -0.2) is 16.0 Å². The van der Waals surface area contributed by atoms with Gasteiger partial charge in [0.05, 0.1) is 5.69 Å². The molecule has 0 unspecified atom stereocenters. The minimum atomic E-state index is 0.357. The molecule has 1 saturated carbocycles. The van der Waals surface area contributed by atoms with E-state index in [4.69, 9.17) is 18.0 Å². The van der Waals surface area contributed by atoms with Gasteiger partial charge in [-0.1, -0.05) is 25.1 Å². The molecule has 15 heavy (non-hydrogen) atoms. The topological polar surface area (TPSA) is 50.9 Å². The molecule has 1 aliphatic rings. The number of hydrogen-bond acceptors (Lipinski definition) is 3. The van der Waals surface area contributed by atoms with Gasteiger partial charge in [0, 0.05) is 12.2 Å². The number of nitrogens with one attached hydrogen (secondary N) is 1. The van der Waals surface area contributed by atoms with Crippen molar-refractivity contribution in [3.63, 3.8) is 0 Å². The lowest BCUT2D eigenvalue weighted by Gasteiger charge is -2.15. The summed E-state index contributed by atoms with van der Waals surface area (Å²) in [6.45, 7) is 0. The third-order valence-corrected chi connectivity index (χ3v) is 2.95. The van der Waals surface area contributed by atoms with Crippen molar-refractivity contribution in [2.24, 2.45) is 5.73 Å². The van der Waals surface area contributed by atoms with E-state index in [0.29, 0.717) is 16.7 Å². The number of rotatable bonds is 3. The molecule has 0 spiro atoms. The Hall–Kier alpha value is -1.16. The van der Waals surface area contributed by atoms with Crippen LogP contribution in [0.2, 0.25) is 0 Å². The first-order chi connectivity index (χ1) is 7.27. The Morgan fingerprint density at radius 3 is 2.87 bits per heavy atom. The molecule has 2 rings (SSSR count). The first-order valence-corrected chi connectivity index (χ1v) is 5.69. The largest absolute Gasteiger partial charge is 0.388 e. The Bertz CT molecular complexity index is 359. The number of anilines is 1. The fourth-order valence-electron chi connectivity index (χ4n) is 2.01. The molecule has 1 heterocycles. The average Bonchev–Trinajstić information content (AvgIpc) is 2.71. The second kappa shape index (κ2) is 4.57. The second-order valence-electron chi connectivity index (χ2n) is 3.89. The van der Waals surface area contributed by atoms with Gasteiger partial charge in [-0.15, -0.1) is 0 Å². The van der Waals surface area contributed by atoms with Crippen LogP contribution in [0.15, 0.2) is 18.3 Å². The van der Waals surface area contributed by atoms with E-state index in [-0.39, 0.29) is 0 Å². The lowest BCUT2D eigenvalue weighted by molar-refractivity contribution is 0.754. The van der Waals surface area contributed by atoms with Crippen LogP contribution in [0.4, 0.5) is 5.69 Å². The average molecular weight is 221 g/mol. The van der Waals surface area contributed by atoms with Crippen molar-refractivity contribution in [2.75, 3.05) is 5.32 Å². The van der Waals surface area contributed by atoms with Gasteiger partial charge in [-0.05, 0) is 25.0 Å². The van der Waals surface area contributed by atoms with E-state index in [0.717, 1.165) is 5.69 Å². The van der Waals surface area contributed by atoms with E-state index in [1.165, 1.54) is 25.7 Å². The maximum absolute atomic E-state index is 5.62. The zero-order valence-electron chi connectivity index (χ0n) is 8.57. The van der Waals surface area contributed by atoms with Crippen LogP contribution in [0, 0.1) is 0 Å². The summed E-state index contributed by atoms with van der Waals surface area (Å²) in [5.41, 5.74) is 7.29. The molecule has 1 fully saturated rings. The summed E-state index contributed by atoms with van der Waals surface area (Å²) in [6.07, 6.45) is 6.78. The van der Waals surface area contributed by atoms with Gasteiger partial charge < -0.3 is 11.1 Å². The predicted molar refractivity (Wildman–Crippen MR) is 66.0 cm³/mol. The third-order valence-electron chi connectivity index (χ3n) is 2.76. The molecule has 0 atom stereocenters. The first-order valence-electron chi connectivity index (χ1n) is 5.29. The Morgan fingerprint density at radius 2 is 2.20 bits per heavy atom. The van der Waals surface area contributed by atoms with Gasteiger partial charge in [0.1, 0.15) is 10.7 Å². The molecule has 3 N–H and O–H groups in total. The molecule has 0 saturated heterocycles. The minimum Gasteiger partial charge on any atom is -0.388 e. The van der Waals surface area contributed by atoms with Crippen molar-refractivity contribution in [1.82, 2.24) is 4.98 Å². The highest BCUT2D eigenvalue weighted by molar-refractivity contribution is 7.80. The molecule has 1 aliphatic carbocycles. The molecule has 1 aromatic rings. The zero-order chi connectivity index (χ0) is 10.7. The van der Waals surface area contributed by atoms with E-state index in [1.807, 2.05) is 12.1 Å². The summed E-state index contributed by atoms with van der Waals surface area (Å²) in [7, 11) is 0.